The molecule has 0 aliphatic carbocycles. The summed E-state index contributed by atoms with van der Waals surface area (Å²) in [5.41, 5.74) is 22.4. The molecule has 37 nitrogen and oxygen atoms in total. The Hall–Kier alpha value is -13.4. The Labute approximate surface area is 761 Å². The van der Waals surface area contributed by atoms with Crippen molar-refractivity contribution in [1.82, 2.24) is 105 Å². The Balaban J connectivity index is 0.000000214. The molecule has 4 N–H and O–H groups in total. The van der Waals surface area contributed by atoms with Crippen LogP contribution < -0.4 is 11.5 Å². The number of carbonyl (C=O) groups is 3. The lowest BCUT2D eigenvalue weighted by molar-refractivity contribution is -0.118. The molecule has 0 radical (unpaired) electrons. The Morgan fingerprint density at radius 1 is 0.417 bits per heavy atom. The number of aromatic nitrogens is 21. The van der Waals surface area contributed by atoms with E-state index in [1.54, 1.807) is 103 Å². The van der Waals surface area contributed by atoms with Gasteiger partial charge in [-0.2, -0.15) is 49.7 Å². The van der Waals surface area contributed by atoms with E-state index < -0.39 is 0 Å². The number of carbonyl (C=O) groups excluding carboxylic acids is 4. The number of hydrogen-bond acceptors (Lipinski definition) is 30. The van der Waals surface area contributed by atoms with E-state index in [0.717, 1.165) is 10.0 Å². The van der Waals surface area contributed by atoms with Crippen molar-refractivity contribution in [2.75, 3.05) is 53.3 Å². The molecule has 0 amide bonds. The minimum Gasteiger partial charge on any atom is -0.398 e. The summed E-state index contributed by atoms with van der Waals surface area (Å²) >= 11 is 28.3. The zero-order valence-corrected chi connectivity index (χ0v) is 75.2. The molecular weight excluding hydrogens is 1810 g/mol. The van der Waals surface area contributed by atoms with E-state index in [-0.39, 0.29) is 98.5 Å². The predicted octanol–water partition coefficient (Wildman–Crippen LogP) is 16.5. The van der Waals surface area contributed by atoms with E-state index in [2.05, 4.69) is 126 Å². The second kappa shape index (κ2) is 51.7. The van der Waals surface area contributed by atoms with Gasteiger partial charge in [0.05, 0.1) is 150 Å². The third kappa shape index (κ3) is 29.1. The van der Waals surface area contributed by atoms with Crippen molar-refractivity contribution >= 4 is 138 Å². The second-order valence-corrected chi connectivity index (χ2v) is 28.9. The number of Topliss-reactive ketones (excluding diaryl/α,β-unsaturated/α-hetero) is 3. The SMILES string of the molecule is COC(C)c1c(N)cncc1Br.CSF.O=C=Nc1cnc(-n2nccn2)c(Cl)c1.[C-]#[N+]c1cncc(CC(=O)Cc2cnc(-n3nccn3)c(Cl)c2)c1C(C)OC.[C-]#[N+]c1cncc(CC(=O)Cc2cnc(-n3nccn3)c(Cl)c2)c1[C@@H](C)OC.[C-]#[N+]c1cncc(CC(=O)Cc2cnc(-n3nccn3)c(Cl)c2)c1[C@H](C)OC.[C-]#[N+]c1cncc(N)c1C(C)OC. The van der Waals surface area contributed by atoms with E-state index in [1.807, 2.05) is 34.6 Å². The van der Waals surface area contributed by atoms with Crippen molar-refractivity contribution in [1.29, 1.82) is 0 Å². The van der Waals surface area contributed by atoms with Crippen molar-refractivity contribution in [3.63, 3.8) is 0 Å². The fraction of sp³-hybridized carbons (Fsp3) is 0.265. The molecule has 0 fully saturated rings. The van der Waals surface area contributed by atoms with Crippen LogP contribution in [0.3, 0.4) is 0 Å². The van der Waals surface area contributed by atoms with Crippen LogP contribution in [0.4, 0.5) is 43.7 Å². The van der Waals surface area contributed by atoms with Gasteiger partial charge in [-0.3, -0.25) is 39.3 Å². The molecule has 654 valence electrons. The largest absolute Gasteiger partial charge is 0.398 e. The third-order valence-corrected chi connectivity index (χ3v) is 19.6. The van der Waals surface area contributed by atoms with Gasteiger partial charge in [0.15, 0.2) is 23.3 Å². The molecule has 0 aromatic carbocycles. The van der Waals surface area contributed by atoms with Crippen LogP contribution in [-0.4, -0.2) is 170 Å². The molecule has 127 heavy (non-hydrogen) atoms. The van der Waals surface area contributed by atoms with Gasteiger partial charge in [-0.25, -0.2) is 44.1 Å². The van der Waals surface area contributed by atoms with Gasteiger partial charge < -0.3 is 35.2 Å². The minimum absolute atomic E-state index is 0.0117. The van der Waals surface area contributed by atoms with Gasteiger partial charge in [0, 0.05) is 188 Å². The van der Waals surface area contributed by atoms with Crippen LogP contribution in [0.1, 0.15) is 126 Å². The maximum atomic E-state index is 12.6. The molecule has 13 aromatic heterocycles. The van der Waals surface area contributed by atoms with Crippen LogP contribution in [0.2, 0.25) is 20.1 Å². The smallest absolute Gasteiger partial charge is 0.240 e. The molecule has 13 heterocycles. The standard InChI is InChI=1S/3C19H17ClN6O2.C9H11N3O.C8H11BrN2O.C8H4ClN5O.CH3FS/c3*1-12(28-3)18-14(10-22-11-17(18)21-2)8-15(27)6-13-7-16(20)19(23-9-13)26-24-4-5-25-26;1-6(13-3)9-7(10)4-12-5-8(9)11-2;1-5(12-2)8-6(9)3-11-4-7(8)10;9-7-3-6(11-5-15)4-10-8(7)14-12-1-2-13-14;1-3-2/h3*4-5,7,9-12H,6,8H2,1,3H3;4-6H,10H2,1,3H3;3-5H,10H2,1-2H3;1-4H;1H3/t2*12-;;;;;/m10...../s1. The summed E-state index contributed by atoms with van der Waals surface area (Å²) in [5, 5.41) is 33.1. The number of nitrogen functional groups attached to an aromatic ring is 2. The number of rotatable bonds is 27. The lowest BCUT2D eigenvalue weighted by atomic mass is 9.97. The van der Waals surface area contributed by atoms with Gasteiger partial charge >= 0.3 is 0 Å². The Kier molecular flexibility index (Phi) is 41.0. The van der Waals surface area contributed by atoms with Gasteiger partial charge in [0.2, 0.25) is 28.8 Å². The minimum atomic E-state index is -0.313. The number of ketones is 3. The topological polar surface area (TPSA) is 435 Å². The molecule has 0 saturated carbocycles. The van der Waals surface area contributed by atoms with E-state index in [9.17, 15) is 23.1 Å². The number of nitrogens with zero attached hydrogens (tertiary/aromatic N) is 26. The molecule has 0 aliphatic heterocycles. The van der Waals surface area contributed by atoms with Gasteiger partial charge in [0.25, 0.3) is 0 Å². The first kappa shape index (κ1) is 101. The van der Waals surface area contributed by atoms with E-state index in [1.165, 1.54) is 124 Å². The highest BCUT2D eigenvalue weighted by Crippen LogP contribution is 2.36. The summed E-state index contributed by atoms with van der Waals surface area (Å²) in [4.78, 5) is 107. The van der Waals surface area contributed by atoms with Crippen LogP contribution >= 0.6 is 74.5 Å². The van der Waals surface area contributed by atoms with Gasteiger partial charge in [-0.1, -0.05) is 46.4 Å². The molecular formula is C83H80BrCl4FN28O9S. The number of methoxy groups -OCH3 is 5. The van der Waals surface area contributed by atoms with Crippen molar-refractivity contribution in [2.24, 2.45) is 4.99 Å². The predicted molar refractivity (Wildman–Crippen MR) is 476 cm³/mol. The first-order valence-corrected chi connectivity index (χ1v) is 40.6. The summed E-state index contributed by atoms with van der Waals surface area (Å²) in [6, 6.07) is 6.52. The number of pyridine rings is 9. The van der Waals surface area contributed by atoms with Crippen molar-refractivity contribution in [2.45, 2.75) is 104 Å². The highest BCUT2D eigenvalue weighted by atomic mass is 79.9. The van der Waals surface area contributed by atoms with E-state index in [4.69, 9.17) is 108 Å². The quantitative estimate of drug-likeness (QED) is 0.0274. The molecule has 0 spiro atoms. The molecule has 44 heteroatoms. The van der Waals surface area contributed by atoms with E-state index >= 15 is 0 Å². The van der Waals surface area contributed by atoms with Crippen LogP contribution in [0.5, 0.6) is 0 Å². The first-order chi connectivity index (χ1) is 61.2. The summed E-state index contributed by atoms with van der Waals surface area (Å²) in [5.74, 6) is 1.43. The third-order valence-electron chi connectivity index (χ3n) is 17.8. The maximum Gasteiger partial charge on any atom is 0.240 e. The molecule has 0 bridgehead atoms. The number of halogens is 6. The summed E-state index contributed by atoms with van der Waals surface area (Å²) in [6.45, 7) is 38.2. The van der Waals surface area contributed by atoms with Crippen molar-refractivity contribution in [3.8, 4) is 23.3 Å². The van der Waals surface area contributed by atoms with Crippen LogP contribution in [0, 0.1) is 26.3 Å². The fourth-order valence-corrected chi connectivity index (χ4v) is 13.4. The highest BCUT2D eigenvalue weighted by molar-refractivity contribution is 9.10. The van der Waals surface area contributed by atoms with Gasteiger partial charge in [0.1, 0.15) is 17.3 Å². The molecule has 13 aromatic rings. The Bertz CT molecular complexity index is 5640. The molecule has 0 saturated heterocycles. The first-order valence-electron chi connectivity index (χ1n) is 37.2. The average molecular weight is 1890 g/mol. The molecule has 5 atom stereocenters. The summed E-state index contributed by atoms with van der Waals surface area (Å²) in [6.07, 6.45) is 36.5. The zero-order chi connectivity index (χ0) is 92.7. The normalized spacial score (nSPS) is 11.5. The highest BCUT2D eigenvalue weighted by Gasteiger charge is 2.24. The summed E-state index contributed by atoms with van der Waals surface area (Å²) < 4.78 is 37.4. The average Bonchev–Trinajstić information content (AvgIpc) is 1.82. The zero-order valence-electron chi connectivity index (χ0n) is 69.8. The summed E-state index contributed by atoms with van der Waals surface area (Å²) in [7, 11) is 7.92. The second-order valence-electron chi connectivity index (χ2n) is 26.1. The monoisotopic (exact) mass is 1880 g/mol. The maximum absolute atomic E-state index is 12.6. The van der Waals surface area contributed by atoms with E-state index in [0.29, 0.717) is 139 Å². The molecule has 3 unspecified atom stereocenters. The van der Waals surface area contributed by atoms with Crippen LogP contribution in [0.25, 0.3) is 42.7 Å². The van der Waals surface area contributed by atoms with Crippen LogP contribution in [0.15, 0.2) is 170 Å². The molecule has 13 rings (SSSR count). The number of anilines is 2. The number of ether oxygens (including phenoxy) is 5. The lowest BCUT2D eigenvalue weighted by Crippen LogP contribution is -2.11. The Morgan fingerprint density at radius 2 is 0.669 bits per heavy atom. The lowest BCUT2D eigenvalue weighted by Gasteiger charge is -2.16. The van der Waals surface area contributed by atoms with Gasteiger partial charge in [-0.15, -0.1) is 19.2 Å². The number of aliphatic imine (C=N–C) groups is 1. The number of isocyanates is 1. The number of hydrogen-bond donors (Lipinski definition) is 2. The van der Waals surface area contributed by atoms with Crippen molar-refractivity contribution < 1.29 is 46.7 Å². The Morgan fingerprint density at radius 3 is 0.937 bits per heavy atom. The number of nitrogens with two attached hydrogens (primary N) is 2. The molecule has 0 aliphatic rings. The van der Waals surface area contributed by atoms with Crippen LogP contribution in [-0.2, 0) is 81.4 Å². The van der Waals surface area contributed by atoms with Gasteiger partial charge in [-0.05, 0) is 125 Å². The fourth-order valence-electron chi connectivity index (χ4n) is 11.7. The van der Waals surface area contributed by atoms with Crippen molar-refractivity contribution in [3.05, 3.63) is 292 Å².